The van der Waals surface area contributed by atoms with E-state index in [9.17, 15) is 14.9 Å². The van der Waals surface area contributed by atoms with Crippen LogP contribution in [0.5, 0.6) is 0 Å². The molecule has 0 spiro atoms. The number of hydrogen-bond donors (Lipinski definition) is 0. The summed E-state index contributed by atoms with van der Waals surface area (Å²) in [5, 5.41) is 10.2. The molecule has 0 aromatic heterocycles. The first kappa shape index (κ1) is 15.9. The highest BCUT2D eigenvalue weighted by atomic mass is 16.6. The van der Waals surface area contributed by atoms with Gasteiger partial charge in [-0.05, 0) is 25.0 Å². The zero-order chi connectivity index (χ0) is 15.9. The molecule has 0 atom stereocenters. The third kappa shape index (κ3) is 4.25. The van der Waals surface area contributed by atoms with Crippen molar-refractivity contribution < 1.29 is 14.5 Å². The maximum Gasteiger partial charge on any atom is 0.363 e. The van der Waals surface area contributed by atoms with E-state index in [0.717, 1.165) is 31.2 Å². The average Bonchev–Trinajstić information content (AvgIpc) is 2.89. The predicted octanol–water partition coefficient (Wildman–Crippen LogP) is 3.10. The second-order valence-corrected chi connectivity index (χ2v) is 5.20. The van der Waals surface area contributed by atoms with E-state index >= 15 is 0 Å². The van der Waals surface area contributed by atoms with Crippen LogP contribution in [-0.4, -0.2) is 22.8 Å². The van der Waals surface area contributed by atoms with E-state index < -0.39 is 5.97 Å². The number of hydrogen-bond acceptors (Lipinski definition) is 5. The van der Waals surface area contributed by atoms with Gasteiger partial charge in [0, 0.05) is 23.3 Å². The summed E-state index contributed by atoms with van der Waals surface area (Å²) in [6, 6.07) is 9.02. The molecular formula is C16H18N2O4. The van der Waals surface area contributed by atoms with Crippen LogP contribution in [0.15, 0.2) is 47.6 Å². The number of carbonyl (C=O) groups excluding carboxylic acids is 1. The molecule has 1 saturated carbocycles. The van der Waals surface area contributed by atoms with E-state index in [2.05, 4.69) is 11.6 Å². The molecule has 1 heterocycles. The van der Waals surface area contributed by atoms with Gasteiger partial charge in [-0.3, -0.25) is 10.1 Å². The van der Waals surface area contributed by atoms with E-state index in [1.54, 1.807) is 0 Å². The highest BCUT2D eigenvalue weighted by Crippen LogP contribution is 2.19. The van der Waals surface area contributed by atoms with Crippen molar-refractivity contribution in [1.29, 1.82) is 0 Å². The molecule has 0 saturated heterocycles. The molecule has 0 unspecified atom stereocenters. The van der Waals surface area contributed by atoms with E-state index in [-0.39, 0.29) is 16.7 Å². The fourth-order valence-electron chi connectivity index (χ4n) is 2.33. The van der Waals surface area contributed by atoms with Gasteiger partial charge in [-0.25, -0.2) is 9.79 Å². The van der Waals surface area contributed by atoms with Gasteiger partial charge in [0.2, 0.25) is 11.9 Å². The summed E-state index contributed by atoms with van der Waals surface area (Å²) < 4.78 is 4.87. The molecule has 116 valence electrons. The first-order chi connectivity index (χ1) is 10.6. The van der Waals surface area contributed by atoms with Gasteiger partial charge in [0.25, 0.3) is 0 Å². The second-order valence-electron chi connectivity index (χ2n) is 5.20. The average molecular weight is 302 g/mol. The Kier molecular flexibility index (Phi) is 5.41. The molecule has 1 aliphatic heterocycles. The number of aliphatic imine (C=N–C) groups is 1. The molecule has 1 fully saturated rings. The molecule has 6 heteroatoms. The summed E-state index contributed by atoms with van der Waals surface area (Å²) >= 11 is 0. The summed E-state index contributed by atoms with van der Waals surface area (Å²) in [7, 11) is 0. The Morgan fingerprint density at radius 3 is 2.27 bits per heavy atom. The highest BCUT2D eigenvalue weighted by Gasteiger charge is 2.22. The Morgan fingerprint density at radius 2 is 1.82 bits per heavy atom. The monoisotopic (exact) mass is 302 g/mol. The Bertz CT molecular complexity index is 589. The molecule has 1 aliphatic carbocycles. The fraction of sp³-hybridized carbons (Fsp3) is 0.375. The third-order valence-electron chi connectivity index (χ3n) is 3.56. The normalized spacial score (nSPS) is 18.1. The molecule has 0 bridgehead atoms. The smallest absolute Gasteiger partial charge is 0.363 e. The van der Waals surface area contributed by atoms with Crippen LogP contribution in [0.2, 0.25) is 0 Å². The van der Waals surface area contributed by atoms with Crippen LogP contribution in [-0.2, 0) is 9.53 Å². The number of nitro groups is 1. The van der Waals surface area contributed by atoms with Crippen molar-refractivity contribution >= 4 is 11.9 Å². The van der Waals surface area contributed by atoms with Crippen LogP contribution in [0.1, 0.15) is 37.7 Å². The van der Waals surface area contributed by atoms with Crippen LogP contribution in [0.4, 0.5) is 0 Å². The van der Waals surface area contributed by atoms with Gasteiger partial charge < -0.3 is 4.74 Å². The maximum absolute atomic E-state index is 10.9. The lowest BCUT2D eigenvalue weighted by atomic mass is 9.96. The van der Waals surface area contributed by atoms with Crippen molar-refractivity contribution in [1.82, 2.24) is 0 Å². The van der Waals surface area contributed by atoms with Crippen molar-refractivity contribution in [2.75, 3.05) is 0 Å². The van der Waals surface area contributed by atoms with Gasteiger partial charge in [0.15, 0.2) is 0 Å². The van der Waals surface area contributed by atoms with Gasteiger partial charge in [0.1, 0.15) is 5.70 Å². The standard InChI is InChI=1S/C10H7NO2.C6H11NO2/c1-7-10(12)13-9(11-7)8-5-3-2-4-6-8;8-7(9)6-4-2-1-3-5-6/h2-6H,1H2;6H,1-5H2. The number of cyclic esters (lactones) is 1. The maximum atomic E-state index is 10.9. The lowest BCUT2D eigenvalue weighted by Gasteiger charge is -2.13. The lowest BCUT2D eigenvalue weighted by Crippen LogP contribution is -2.21. The van der Waals surface area contributed by atoms with E-state index in [1.165, 1.54) is 6.42 Å². The summed E-state index contributed by atoms with van der Waals surface area (Å²) in [5.41, 5.74) is 0.938. The first-order valence-electron chi connectivity index (χ1n) is 7.26. The van der Waals surface area contributed by atoms with Crippen molar-refractivity contribution in [3.8, 4) is 0 Å². The number of ether oxygens (including phenoxy) is 1. The minimum Gasteiger partial charge on any atom is -0.402 e. The van der Waals surface area contributed by atoms with Gasteiger partial charge >= 0.3 is 5.97 Å². The van der Waals surface area contributed by atoms with Gasteiger partial charge in [-0.2, -0.15) is 0 Å². The Morgan fingerprint density at radius 1 is 1.18 bits per heavy atom. The zero-order valence-corrected chi connectivity index (χ0v) is 12.2. The van der Waals surface area contributed by atoms with Crippen molar-refractivity contribution in [3.63, 3.8) is 0 Å². The van der Waals surface area contributed by atoms with Gasteiger partial charge in [-0.15, -0.1) is 0 Å². The fourth-order valence-corrected chi connectivity index (χ4v) is 2.33. The molecule has 1 aromatic carbocycles. The summed E-state index contributed by atoms with van der Waals surface area (Å²) in [5.74, 6) is -0.144. The van der Waals surface area contributed by atoms with Crippen LogP contribution in [0.25, 0.3) is 0 Å². The van der Waals surface area contributed by atoms with E-state index in [4.69, 9.17) is 4.74 Å². The van der Waals surface area contributed by atoms with Gasteiger partial charge in [0.05, 0.1) is 0 Å². The topological polar surface area (TPSA) is 81.8 Å². The second kappa shape index (κ2) is 7.49. The summed E-state index contributed by atoms with van der Waals surface area (Å²) in [4.78, 5) is 24.8. The van der Waals surface area contributed by atoms with Crippen LogP contribution >= 0.6 is 0 Å². The molecule has 3 rings (SSSR count). The quantitative estimate of drug-likeness (QED) is 0.364. The molecular weight excluding hydrogens is 284 g/mol. The van der Waals surface area contributed by atoms with Crippen LogP contribution < -0.4 is 0 Å². The predicted molar refractivity (Wildman–Crippen MR) is 82.1 cm³/mol. The number of carbonyl (C=O) groups is 1. The SMILES string of the molecule is C=C1N=C(c2ccccc2)OC1=O.O=[N+]([O-])C1CCCCC1. The molecule has 0 N–H and O–H groups in total. The Labute approximate surface area is 128 Å². The number of benzene rings is 1. The first-order valence-corrected chi connectivity index (χ1v) is 7.26. The largest absolute Gasteiger partial charge is 0.402 e. The Balaban J connectivity index is 0.000000172. The number of esters is 1. The summed E-state index contributed by atoms with van der Waals surface area (Å²) in [6.45, 7) is 3.45. The minimum absolute atomic E-state index is 0.140. The molecule has 2 aliphatic rings. The summed E-state index contributed by atoms with van der Waals surface area (Å²) in [6.07, 6.45) is 4.88. The lowest BCUT2D eigenvalue weighted by molar-refractivity contribution is -0.526. The van der Waals surface area contributed by atoms with Crippen molar-refractivity contribution in [2.45, 2.75) is 38.1 Å². The number of nitrogens with zero attached hydrogens (tertiary/aromatic N) is 2. The Hall–Kier alpha value is -2.50. The molecule has 0 amide bonds. The van der Waals surface area contributed by atoms with Crippen LogP contribution in [0.3, 0.4) is 0 Å². The molecule has 1 aromatic rings. The third-order valence-corrected chi connectivity index (χ3v) is 3.56. The molecule has 0 radical (unpaired) electrons. The van der Waals surface area contributed by atoms with E-state index in [0.29, 0.717) is 5.90 Å². The minimum atomic E-state index is -0.473. The van der Waals surface area contributed by atoms with Crippen molar-refractivity contribution in [3.05, 3.63) is 58.3 Å². The van der Waals surface area contributed by atoms with Crippen LogP contribution in [0, 0.1) is 10.1 Å². The zero-order valence-electron chi connectivity index (χ0n) is 12.2. The molecule has 22 heavy (non-hydrogen) atoms. The number of rotatable bonds is 2. The van der Waals surface area contributed by atoms with Gasteiger partial charge in [-0.1, -0.05) is 31.2 Å². The van der Waals surface area contributed by atoms with E-state index in [1.807, 2.05) is 30.3 Å². The molecule has 6 nitrogen and oxygen atoms in total. The highest BCUT2D eigenvalue weighted by molar-refractivity contribution is 6.10. The van der Waals surface area contributed by atoms with Crippen molar-refractivity contribution in [2.24, 2.45) is 4.99 Å².